The van der Waals surface area contributed by atoms with Crippen LogP contribution in [0.2, 0.25) is 0 Å². The normalized spacial score (nSPS) is 13.0. The van der Waals surface area contributed by atoms with Crippen LogP contribution in [0.5, 0.6) is 0 Å². The number of aliphatic carboxylic acids is 1. The SMILES string of the molecule is CS(=O)(=O)CCC(NC(=O)COCCN)C(=O)O. The highest BCUT2D eigenvalue weighted by atomic mass is 32.2. The molecule has 8 nitrogen and oxygen atoms in total. The number of carbonyl (C=O) groups is 2. The van der Waals surface area contributed by atoms with Crippen LogP contribution in [-0.2, 0) is 24.2 Å². The summed E-state index contributed by atoms with van der Waals surface area (Å²) in [5.41, 5.74) is 5.14. The number of carboxylic acids is 1. The second-order valence-electron chi connectivity index (χ2n) is 3.72. The fourth-order valence-corrected chi connectivity index (χ4v) is 1.74. The van der Waals surface area contributed by atoms with Crippen molar-refractivity contribution >= 4 is 21.7 Å². The van der Waals surface area contributed by atoms with Crippen LogP contribution in [0, 0.1) is 0 Å². The van der Waals surface area contributed by atoms with Gasteiger partial charge >= 0.3 is 5.97 Å². The Morgan fingerprint density at radius 2 is 2.06 bits per heavy atom. The van der Waals surface area contributed by atoms with Crippen molar-refractivity contribution in [3.8, 4) is 0 Å². The lowest BCUT2D eigenvalue weighted by atomic mass is 10.2. The van der Waals surface area contributed by atoms with Crippen molar-refractivity contribution in [2.75, 3.05) is 31.8 Å². The zero-order valence-electron chi connectivity index (χ0n) is 10.1. The number of sulfone groups is 1. The number of carbonyl (C=O) groups excluding carboxylic acids is 1. The van der Waals surface area contributed by atoms with Crippen LogP contribution in [0.3, 0.4) is 0 Å². The minimum absolute atomic E-state index is 0.184. The minimum Gasteiger partial charge on any atom is -0.480 e. The molecule has 0 heterocycles. The average Bonchev–Trinajstić information content (AvgIpc) is 2.22. The molecule has 1 amide bonds. The van der Waals surface area contributed by atoms with E-state index in [9.17, 15) is 18.0 Å². The van der Waals surface area contributed by atoms with Crippen LogP contribution in [-0.4, -0.2) is 63.2 Å². The first-order valence-electron chi connectivity index (χ1n) is 5.24. The molecule has 0 fully saturated rings. The van der Waals surface area contributed by atoms with Gasteiger partial charge in [-0.05, 0) is 6.42 Å². The van der Waals surface area contributed by atoms with Crippen LogP contribution < -0.4 is 11.1 Å². The Morgan fingerprint density at radius 1 is 1.44 bits per heavy atom. The molecule has 0 bridgehead atoms. The van der Waals surface area contributed by atoms with Crippen molar-refractivity contribution in [1.82, 2.24) is 5.32 Å². The number of hydrogen-bond acceptors (Lipinski definition) is 6. The number of carboxylic acid groups (broad SMARTS) is 1. The van der Waals surface area contributed by atoms with Crippen molar-refractivity contribution in [2.45, 2.75) is 12.5 Å². The van der Waals surface area contributed by atoms with Gasteiger partial charge in [0.15, 0.2) is 0 Å². The van der Waals surface area contributed by atoms with Crippen LogP contribution in [0.1, 0.15) is 6.42 Å². The van der Waals surface area contributed by atoms with E-state index >= 15 is 0 Å². The van der Waals surface area contributed by atoms with Crippen molar-refractivity contribution < 1.29 is 27.9 Å². The highest BCUT2D eigenvalue weighted by molar-refractivity contribution is 7.90. The van der Waals surface area contributed by atoms with Crippen molar-refractivity contribution in [3.05, 3.63) is 0 Å². The molecular formula is C9H18N2O6S. The van der Waals surface area contributed by atoms with Gasteiger partial charge in [0, 0.05) is 12.8 Å². The highest BCUT2D eigenvalue weighted by Crippen LogP contribution is 1.97. The van der Waals surface area contributed by atoms with E-state index in [0.717, 1.165) is 6.26 Å². The molecule has 0 radical (unpaired) electrons. The van der Waals surface area contributed by atoms with Gasteiger partial charge in [0.05, 0.1) is 12.4 Å². The summed E-state index contributed by atoms with van der Waals surface area (Å²) in [6, 6.07) is -1.24. The van der Waals surface area contributed by atoms with Gasteiger partial charge in [-0.2, -0.15) is 0 Å². The molecule has 18 heavy (non-hydrogen) atoms. The highest BCUT2D eigenvalue weighted by Gasteiger charge is 2.21. The van der Waals surface area contributed by atoms with E-state index in [1.165, 1.54) is 0 Å². The maximum atomic E-state index is 11.3. The van der Waals surface area contributed by atoms with E-state index in [4.69, 9.17) is 15.6 Å². The summed E-state index contributed by atoms with van der Waals surface area (Å²) in [5.74, 6) is -2.22. The molecule has 0 aromatic heterocycles. The van der Waals surface area contributed by atoms with E-state index in [0.29, 0.717) is 0 Å². The fourth-order valence-electron chi connectivity index (χ4n) is 1.07. The van der Waals surface area contributed by atoms with Gasteiger partial charge in [-0.1, -0.05) is 0 Å². The Hall–Kier alpha value is -1.19. The zero-order valence-corrected chi connectivity index (χ0v) is 10.9. The third-order valence-corrected chi connectivity index (χ3v) is 2.88. The summed E-state index contributed by atoms with van der Waals surface area (Å²) in [4.78, 5) is 22.1. The molecule has 0 aromatic rings. The van der Waals surface area contributed by atoms with Gasteiger partial charge in [0.2, 0.25) is 5.91 Å². The molecule has 0 aliphatic rings. The molecule has 0 aliphatic heterocycles. The summed E-state index contributed by atoms with van der Waals surface area (Å²) >= 11 is 0. The fraction of sp³-hybridized carbons (Fsp3) is 0.778. The van der Waals surface area contributed by atoms with Crippen molar-refractivity contribution in [3.63, 3.8) is 0 Å². The lowest BCUT2D eigenvalue weighted by molar-refractivity contribution is -0.142. The van der Waals surface area contributed by atoms with Gasteiger partial charge in [-0.3, -0.25) is 4.79 Å². The summed E-state index contributed by atoms with van der Waals surface area (Å²) in [6.45, 7) is 0.137. The first-order valence-corrected chi connectivity index (χ1v) is 7.30. The van der Waals surface area contributed by atoms with Crippen LogP contribution >= 0.6 is 0 Å². The second kappa shape index (κ2) is 8.01. The first-order chi connectivity index (χ1) is 8.26. The Bertz CT molecular complexity index is 381. The number of amides is 1. The topological polar surface area (TPSA) is 136 Å². The van der Waals surface area contributed by atoms with Gasteiger partial charge < -0.3 is 20.9 Å². The zero-order chi connectivity index (χ0) is 14.2. The maximum absolute atomic E-state index is 11.3. The Labute approximate surface area is 105 Å². The number of nitrogens with one attached hydrogen (secondary N) is 1. The largest absolute Gasteiger partial charge is 0.480 e. The van der Waals surface area contributed by atoms with E-state index in [2.05, 4.69) is 5.32 Å². The smallest absolute Gasteiger partial charge is 0.326 e. The standard InChI is InChI=1S/C9H18N2O6S/c1-18(15,16)5-2-7(9(13)14)11-8(12)6-17-4-3-10/h7H,2-6,10H2,1H3,(H,11,12)(H,13,14). The summed E-state index contributed by atoms with van der Waals surface area (Å²) in [7, 11) is -3.27. The van der Waals surface area contributed by atoms with Crippen LogP contribution in [0.4, 0.5) is 0 Å². The molecule has 0 saturated heterocycles. The van der Waals surface area contributed by atoms with E-state index in [-0.39, 0.29) is 31.9 Å². The lowest BCUT2D eigenvalue weighted by Crippen LogP contribution is -2.43. The van der Waals surface area contributed by atoms with Crippen molar-refractivity contribution in [2.24, 2.45) is 5.73 Å². The number of ether oxygens (including phenoxy) is 1. The molecule has 4 N–H and O–H groups in total. The first kappa shape index (κ1) is 16.8. The molecule has 0 saturated carbocycles. The average molecular weight is 282 g/mol. The van der Waals surface area contributed by atoms with Crippen LogP contribution in [0.25, 0.3) is 0 Å². The molecule has 0 rings (SSSR count). The number of rotatable bonds is 9. The molecule has 0 aromatic carbocycles. The molecule has 1 unspecified atom stereocenters. The Kier molecular flexibility index (Phi) is 7.48. The second-order valence-corrected chi connectivity index (χ2v) is 5.98. The molecular weight excluding hydrogens is 264 g/mol. The monoisotopic (exact) mass is 282 g/mol. The molecule has 0 aliphatic carbocycles. The predicted octanol–water partition coefficient (Wildman–Crippen LogP) is -2.03. The van der Waals surface area contributed by atoms with E-state index < -0.39 is 27.8 Å². The third-order valence-electron chi connectivity index (χ3n) is 1.91. The summed E-state index contributed by atoms with van der Waals surface area (Å²) in [5, 5.41) is 11.0. The van der Waals surface area contributed by atoms with E-state index in [1.54, 1.807) is 0 Å². The Morgan fingerprint density at radius 3 is 2.50 bits per heavy atom. The van der Waals surface area contributed by atoms with Gasteiger partial charge in [-0.25, -0.2) is 13.2 Å². The van der Waals surface area contributed by atoms with Gasteiger partial charge in [-0.15, -0.1) is 0 Å². The molecule has 0 spiro atoms. The Balaban J connectivity index is 4.19. The third kappa shape index (κ3) is 8.90. The molecule has 106 valence electrons. The quantitative estimate of drug-likeness (QED) is 0.415. The van der Waals surface area contributed by atoms with Gasteiger partial charge in [0.25, 0.3) is 0 Å². The number of nitrogens with two attached hydrogens (primary N) is 1. The summed E-state index contributed by atoms with van der Waals surface area (Å²) < 4.78 is 26.6. The van der Waals surface area contributed by atoms with Crippen LogP contribution in [0.15, 0.2) is 0 Å². The van der Waals surface area contributed by atoms with E-state index in [1.807, 2.05) is 0 Å². The minimum atomic E-state index is -3.27. The summed E-state index contributed by atoms with van der Waals surface area (Å²) in [6.07, 6.45) is 0.814. The molecule has 9 heteroatoms. The van der Waals surface area contributed by atoms with Crippen molar-refractivity contribution in [1.29, 1.82) is 0 Å². The lowest BCUT2D eigenvalue weighted by Gasteiger charge is -2.13. The predicted molar refractivity (Wildman–Crippen MR) is 63.8 cm³/mol. The number of hydrogen-bond donors (Lipinski definition) is 3. The molecule has 1 atom stereocenters. The maximum Gasteiger partial charge on any atom is 0.326 e. The van der Waals surface area contributed by atoms with Gasteiger partial charge in [0.1, 0.15) is 22.5 Å².